The Morgan fingerprint density at radius 2 is 1.89 bits per heavy atom. The van der Waals surface area contributed by atoms with E-state index in [2.05, 4.69) is 22.8 Å². The van der Waals surface area contributed by atoms with Crippen molar-refractivity contribution in [2.45, 2.75) is 51.7 Å². The van der Waals surface area contributed by atoms with Crippen LogP contribution in [0.25, 0.3) is 0 Å². The van der Waals surface area contributed by atoms with Gasteiger partial charge in [-0.15, -0.1) is 0 Å². The van der Waals surface area contributed by atoms with Gasteiger partial charge in [0.15, 0.2) is 0 Å². The Morgan fingerprint density at radius 3 is 2.33 bits per heavy atom. The lowest BCUT2D eigenvalue weighted by Crippen LogP contribution is -2.53. The smallest absolute Gasteiger partial charge is 0.0978 e. The van der Waals surface area contributed by atoms with Gasteiger partial charge in [0.25, 0.3) is 0 Å². The van der Waals surface area contributed by atoms with E-state index in [1.54, 1.807) is 0 Å². The minimum absolute atomic E-state index is 0.0730. The van der Waals surface area contributed by atoms with E-state index in [0.717, 1.165) is 52.0 Å². The average molecular weight is 253 g/mol. The van der Waals surface area contributed by atoms with Crippen LogP contribution in [0.3, 0.4) is 0 Å². The number of piperazine rings is 1. The summed E-state index contributed by atoms with van der Waals surface area (Å²) in [5, 5.41) is 19.2. The van der Waals surface area contributed by atoms with Crippen LogP contribution in [0, 0.1) is 11.3 Å². The second-order valence-electron chi connectivity index (χ2n) is 5.60. The number of nitrogens with zero attached hydrogens (tertiary/aromatic N) is 3. The number of hydrogen-bond donors (Lipinski definition) is 1. The van der Waals surface area contributed by atoms with E-state index in [1.165, 1.54) is 0 Å². The van der Waals surface area contributed by atoms with Gasteiger partial charge in [-0.2, -0.15) is 5.26 Å². The van der Waals surface area contributed by atoms with E-state index in [1.807, 2.05) is 13.8 Å². The molecule has 1 N–H and O–H groups in total. The average Bonchev–Trinajstić information content (AvgIpc) is 2.37. The molecule has 1 saturated heterocycles. The molecule has 0 aromatic heterocycles. The van der Waals surface area contributed by atoms with Crippen LogP contribution >= 0.6 is 0 Å². The summed E-state index contributed by atoms with van der Waals surface area (Å²) in [4.78, 5) is 4.58. The quantitative estimate of drug-likeness (QED) is 0.778. The first-order valence-corrected chi connectivity index (χ1v) is 7.10. The van der Waals surface area contributed by atoms with Crippen LogP contribution in [0.2, 0.25) is 0 Å². The summed E-state index contributed by atoms with van der Waals surface area (Å²) in [5.41, 5.74) is -0.583. The number of nitriles is 1. The standard InChI is InChI=1S/C14H27N3O/c1-4-6-13(11-15)17-9-7-16(8-10-17)12-14(3,18)5-2/h13,18H,4-10,12H2,1-3H3. The molecule has 0 aromatic carbocycles. The van der Waals surface area contributed by atoms with E-state index < -0.39 is 5.60 Å². The maximum Gasteiger partial charge on any atom is 0.0978 e. The highest BCUT2D eigenvalue weighted by Crippen LogP contribution is 2.15. The molecule has 18 heavy (non-hydrogen) atoms. The highest BCUT2D eigenvalue weighted by molar-refractivity contribution is 4.93. The van der Waals surface area contributed by atoms with Crippen LogP contribution in [-0.4, -0.2) is 59.3 Å². The topological polar surface area (TPSA) is 50.5 Å². The lowest BCUT2D eigenvalue weighted by atomic mass is 10.0. The summed E-state index contributed by atoms with van der Waals surface area (Å²) in [6.07, 6.45) is 2.80. The Morgan fingerprint density at radius 1 is 1.28 bits per heavy atom. The zero-order chi connectivity index (χ0) is 13.6. The van der Waals surface area contributed by atoms with E-state index in [4.69, 9.17) is 5.26 Å². The van der Waals surface area contributed by atoms with Crippen molar-refractivity contribution in [3.63, 3.8) is 0 Å². The zero-order valence-electron chi connectivity index (χ0n) is 12.0. The van der Waals surface area contributed by atoms with Crippen molar-refractivity contribution >= 4 is 0 Å². The van der Waals surface area contributed by atoms with Gasteiger partial charge < -0.3 is 5.11 Å². The molecule has 1 aliphatic rings. The third kappa shape index (κ3) is 4.56. The predicted octanol–water partition coefficient (Wildman–Crippen LogP) is 1.46. The molecule has 0 radical (unpaired) electrons. The first-order valence-electron chi connectivity index (χ1n) is 7.10. The maximum absolute atomic E-state index is 10.1. The fraction of sp³-hybridized carbons (Fsp3) is 0.929. The molecule has 0 amide bonds. The number of aliphatic hydroxyl groups is 1. The van der Waals surface area contributed by atoms with Crippen molar-refractivity contribution < 1.29 is 5.11 Å². The highest BCUT2D eigenvalue weighted by Gasteiger charge is 2.27. The Balaban J connectivity index is 2.39. The third-order valence-corrected chi connectivity index (χ3v) is 3.88. The molecule has 2 atom stereocenters. The molecule has 1 heterocycles. The molecule has 0 saturated carbocycles. The molecule has 104 valence electrons. The maximum atomic E-state index is 10.1. The van der Waals surface area contributed by atoms with Crippen LogP contribution in [0.1, 0.15) is 40.0 Å². The van der Waals surface area contributed by atoms with Gasteiger partial charge in [-0.3, -0.25) is 9.80 Å². The number of hydrogen-bond acceptors (Lipinski definition) is 4. The van der Waals surface area contributed by atoms with Crippen molar-refractivity contribution in [1.82, 2.24) is 9.80 Å². The summed E-state index contributed by atoms with van der Waals surface area (Å²) in [6, 6.07) is 2.48. The van der Waals surface area contributed by atoms with Gasteiger partial charge in [0.2, 0.25) is 0 Å². The Labute approximate surface area is 111 Å². The first kappa shape index (κ1) is 15.4. The second-order valence-corrected chi connectivity index (χ2v) is 5.60. The summed E-state index contributed by atoms with van der Waals surface area (Å²) in [6.45, 7) is 10.6. The van der Waals surface area contributed by atoms with Crippen LogP contribution in [-0.2, 0) is 0 Å². The lowest BCUT2D eigenvalue weighted by molar-refractivity contribution is -0.00141. The SMILES string of the molecule is CCCC(C#N)N1CCN(CC(C)(O)CC)CC1. The molecule has 0 bridgehead atoms. The molecule has 1 rings (SSSR count). The Kier molecular flexibility index (Phi) is 6.07. The normalized spacial score (nSPS) is 23.3. The molecule has 1 aliphatic heterocycles. The molecule has 0 aromatic rings. The molecule has 4 heteroatoms. The molecule has 0 spiro atoms. The zero-order valence-corrected chi connectivity index (χ0v) is 12.0. The van der Waals surface area contributed by atoms with Gasteiger partial charge in [0.05, 0.1) is 17.7 Å². The molecular weight excluding hydrogens is 226 g/mol. The number of β-amino-alcohol motifs (C(OH)–C–C–N with tert-alkyl or cyclic N) is 1. The first-order chi connectivity index (χ1) is 8.52. The fourth-order valence-corrected chi connectivity index (χ4v) is 2.43. The summed E-state index contributed by atoms with van der Waals surface area (Å²) >= 11 is 0. The van der Waals surface area contributed by atoms with Crippen molar-refractivity contribution in [1.29, 1.82) is 5.26 Å². The molecule has 0 aliphatic carbocycles. The van der Waals surface area contributed by atoms with Crippen LogP contribution < -0.4 is 0 Å². The highest BCUT2D eigenvalue weighted by atomic mass is 16.3. The van der Waals surface area contributed by atoms with E-state index in [-0.39, 0.29) is 6.04 Å². The van der Waals surface area contributed by atoms with E-state index in [9.17, 15) is 5.11 Å². The summed E-state index contributed by atoms with van der Waals surface area (Å²) < 4.78 is 0. The fourth-order valence-electron chi connectivity index (χ4n) is 2.43. The van der Waals surface area contributed by atoms with Gasteiger partial charge >= 0.3 is 0 Å². The van der Waals surface area contributed by atoms with Gasteiger partial charge in [-0.1, -0.05) is 20.3 Å². The van der Waals surface area contributed by atoms with Crippen molar-refractivity contribution in [3.05, 3.63) is 0 Å². The van der Waals surface area contributed by atoms with Crippen molar-refractivity contribution in [2.75, 3.05) is 32.7 Å². The summed E-state index contributed by atoms with van der Waals surface area (Å²) in [7, 11) is 0. The Hall–Kier alpha value is -0.630. The van der Waals surface area contributed by atoms with Gasteiger partial charge in [0.1, 0.15) is 0 Å². The summed E-state index contributed by atoms with van der Waals surface area (Å²) in [5.74, 6) is 0. The Bertz CT molecular complexity index is 277. The van der Waals surface area contributed by atoms with E-state index in [0.29, 0.717) is 0 Å². The minimum atomic E-state index is -0.583. The molecule has 2 unspecified atom stereocenters. The second kappa shape index (κ2) is 7.08. The van der Waals surface area contributed by atoms with Crippen LogP contribution in [0.4, 0.5) is 0 Å². The van der Waals surface area contributed by atoms with Crippen molar-refractivity contribution in [2.24, 2.45) is 0 Å². The largest absolute Gasteiger partial charge is 0.389 e. The monoisotopic (exact) mass is 253 g/mol. The van der Waals surface area contributed by atoms with Gasteiger partial charge in [-0.25, -0.2) is 0 Å². The van der Waals surface area contributed by atoms with Crippen LogP contribution in [0.5, 0.6) is 0 Å². The van der Waals surface area contributed by atoms with Gasteiger partial charge in [-0.05, 0) is 19.8 Å². The minimum Gasteiger partial charge on any atom is -0.389 e. The third-order valence-electron chi connectivity index (χ3n) is 3.88. The lowest BCUT2D eigenvalue weighted by Gasteiger charge is -2.39. The molecule has 4 nitrogen and oxygen atoms in total. The predicted molar refractivity (Wildman–Crippen MR) is 73.2 cm³/mol. The van der Waals surface area contributed by atoms with Gasteiger partial charge in [0, 0.05) is 32.7 Å². The number of rotatable bonds is 6. The van der Waals surface area contributed by atoms with Crippen molar-refractivity contribution in [3.8, 4) is 6.07 Å². The molecular formula is C14H27N3O. The van der Waals surface area contributed by atoms with E-state index >= 15 is 0 Å². The molecule has 1 fully saturated rings. The van der Waals surface area contributed by atoms with Crippen LogP contribution in [0.15, 0.2) is 0 Å².